The monoisotopic (exact) mass is 197 g/mol. The van der Waals surface area contributed by atoms with Crippen LogP contribution in [0.5, 0.6) is 0 Å². The first-order chi connectivity index (χ1) is 6.65. The van der Waals surface area contributed by atoms with Gasteiger partial charge in [0.1, 0.15) is 0 Å². The van der Waals surface area contributed by atoms with Gasteiger partial charge in [-0.25, -0.2) is 0 Å². The molecule has 1 saturated carbocycles. The van der Waals surface area contributed by atoms with Gasteiger partial charge in [0.2, 0.25) is 5.91 Å². The van der Waals surface area contributed by atoms with Gasteiger partial charge in [0.15, 0.2) is 0 Å². The Morgan fingerprint density at radius 2 is 2.00 bits per heavy atom. The molecule has 2 fully saturated rings. The van der Waals surface area contributed by atoms with Crippen molar-refractivity contribution in [3.05, 3.63) is 0 Å². The van der Waals surface area contributed by atoms with Crippen LogP contribution in [-0.2, 0) is 4.79 Å². The maximum atomic E-state index is 11.4. The second-order valence-electron chi connectivity index (χ2n) is 4.80. The number of carbonyl (C=O) groups is 1. The van der Waals surface area contributed by atoms with Crippen molar-refractivity contribution in [1.82, 2.24) is 4.90 Å². The van der Waals surface area contributed by atoms with E-state index in [0.29, 0.717) is 11.8 Å². The van der Waals surface area contributed by atoms with Crippen LogP contribution in [-0.4, -0.2) is 35.1 Å². The number of hydrogen-bond acceptors (Lipinski definition) is 2. The summed E-state index contributed by atoms with van der Waals surface area (Å²) in [6.07, 6.45) is 4.66. The zero-order valence-corrected chi connectivity index (χ0v) is 8.83. The molecule has 14 heavy (non-hydrogen) atoms. The molecule has 1 saturated heterocycles. The highest BCUT2D eigenvalue weighted by Crippen LogP contribution is 2.48. The average Bonchev–Trinajstić information content (AvgIpc) is 2.16. The zero-order chi connectivity index (χ0) is 10.2. The molecule has 1 aliphatic carbocycles. The first-order valence-electron chi connectivity index (χ1n) is 5.61. The van der Waals surface area contributed by atoms with Gasteiger partial charge in [-0.3, -0.25) is 4.79 Å². The molecule has 1 amide bonds. The molecule has 3 nitrogen and oxygen atoms in total. The van der Waals surface area contributed by atoms with Crippen molar-refractivity contribution in [1.29, 1.82) is 0 Å². The number of rotatable bonds is 1. The van der Waals surface area contributed by atoms with Gasteiger partial charge in [-0.15, -0.1) is 0 Å². The first-order valence-corrected chi connectivity index (χ1v) is 5.61. The predicted octanol–water partition coefficient (Wildman–Crippen LogP) is 1.16. The first kappa shape index (κ1) is 9.97. The Morgan fingerprint density at radius 1 is 1.43 bits per heavy atom. The summed E-state index contributed by atoms with van der Waals surface area (Å²) in [7, 11) is 0. The summed E-state index contributed by atoms with van der Waals surface area (Å²) in [5.74, 6) is 0.278. The minimum atomic E-state index is -0.0663. The standard InChI is InChI=1S/C11H19NO2/c1-2-10(14)12-5-3-11(4-6-12)7-9(13)8-11/h9,13H,2-8H2,1H3. The number of piperidine rings is 1. The third-order valence-corrected chi connectivity index (χ3v) is 3.82. The number of nitrogens with zero attached hydrogens (tertiary/aromatic N) is 1. The maximum Gasteiger partial charge on any atom is 0.222 e. The fourth-order valence-corrected chi connectivity index (χ4v) is 2.80. The Morgan fingerprint density at radius 3 is 2.43 bits per heavy atom. The van der Waals surface area contributed by atoms with Crippen molar-refractivity contribution in [2.24, 2.45) is 5.41 Å². The summed E-state index contributed by atoms with van der Waals surface area (Å²) in [5.41, 5.74) is 0.393. The molecule has 0 bridgehead atoms. The topological polar surface area (TPSA) is 40.5 Å². The van der Waals surface area contributed by atoms with Gasteiger partial charge in [0.25, 0.3) is 0 Å². The molecule has 1 aliphatic heterocycles. The molecule has 2 aliphatic rings. The van der Waals surface area contributed by atoms with Gasteiger partial charge in [-0.05, 0) is 31.1 Å². The van der Waals surface area contributed by atoms with Gasteiger partial charge >= 0.3 is 0 Å². The van der Waals surface area contributed by atoms with E-state index in [2.05, 4.69) is 0 Å². The molecular weight excluding hydrogens is 178 g/mol. The van der Waals surface area contributed by atoms with Crippen LogP contribution in [0.4, 0.5) is 0 Å². The van der Waals surface area contributed by atoms with Crippen molar-refractivity contribution in [2.45, 2.75) is 45.1 Å². The van der Waals surface area contributed by atoms with E-state index in [9.17, 15) is 9.90 Å². The van der Waals surface area contributed by atoms with Crippen molar-refractivity contribution >= 4 is 5.91 Å². The average molecular weight is 197 g/mol. The molecule has 80 valence electrons. The zero-order valence-electron chi connectivity index (χ0n) is 8.83. The molecule has 3 heteroatoms. The van der Waals surface area contributed by atoms with Crippen molar-refractivity contribution < 1.29 is 9.90 Å². The van der Waals surface area contributed by atoms with E-state index in [4.69, 9.17) is 0 Å². The second kappa shape index (κ2) is 3.54. The van der Waals surface area contributed by atoms with Crippen LogP contribution in [0.15, 0.2) is 0 Å². The molecule has 0 atom stereocenters. The minimum Gasteiger partial charge on any atom is -0.393 e. The van der Waals surface area contributed by atoms with Gasteiger partial charge in [-0.1, -0.05) is 6.92 Å². The third kappa shape index (κ3) is 1.65. The Kier molecular flexibility index (Phi) is 2.52. The van der Waals surface area contributed by atoms with Crippen LogP contribution in [0.2, 0.25) is 0 Å². The van der Waals surface area contributed by atoms with Crippen molar-refractivity contribution in [2.75, 3.05) is 13.1 Å². The van der Waals surface area contributed by atoms with Crippen LogP contribution in [0, 0.1) is 5.41 Å². The maximum absolute atomic E-state index is 11.4. The van der Waals surface area contributed by atoms with Crippen LogP contribution in [0.25, 0.3) is 0 Å². The number of hydrogen-bond donors (Lipinski definition) is 1. The normalized spacial score (nSPS) is 26.3. The quantitative estimate of drug-likeness (QED) is 0.685. The summed E-state index contributed by atoms with van der Waals surface area (Å²) in [6.45, 7) is 3.72. The fourth-order valence-electron chi connectivity index (χ4n) is 2.80. The molecule has 1 heterocycles. The lowest BCUT2D eigenvalue weighted by molar-refractivity contribution is -0.136. The minimum absolute atomic E-state index is 0.0663. The van der Waals surface area contributed by atoms with E-state index in [-0.39, 0.29) is 12.0 Å². The molecule has 2 rings (SSSR count). The van der Waals surface area contributed by atoms with Crippen molar-refractivity contribution in [3.8, 4) is 0 Å². The Labute approximate surface area is 85.1 Å². The molecule has 0 radical (unpaired) electrons. The number of likely N-dealkylation sites (tertiary alicyclic amines) is 1. The SMILES string of the molecule is CCC(=O)N1CCC2(CC1)CC(O)C2. The van der Waals surface area contributed by atoms with Gasteiger partial charge < -0.3 is 10.0 Å². The Balaban J connectivity index is 1.84. The predicted molar refractivity (Wildman–Crippen MR) is 53.8 cm³/mol. The van der Waals surface area contributed by atoms with Crippen molar-refractivity contribution in [3.63, 3.8) is 0 Å². The summed E-state index contributed by atoms with van der Waals surface area (Å²) in [5, 5.41) is 9.31. The lowest BCUT2D eigenvalue weighted by Gasteiger charge is -2.50. The molecular formula is C11H19NO2. The Hall–Kier alpha value is -0.570. The van der Waals surface area contributed by atoms with E-state index in [0.717, 1.165) is 38.8 Å². The Bertz CT molecular complexity index is 223. The van der Waals surface area contributed by atoms with Crippen LogP contribution >= 0.6 is 0 Å². The van der Waals surface area contributed by atoms with Gasteiger partial charge in [0.05, 0.1) is 6.10 Å². The summed E-state index contributed by atoms with van der Waals surface area (Å²) in [4.78, 5) is 13.4. The summed E-state index contributed by atoms with van der Waals surface area (Å²) < 4.78 is 0. The highest BCUT2D eigenvalue weighted by molar-refractivity contribution is 5.75. The van der Waals surface area contributed by atoms with E-state index >= 15 is 0 Å². The smallest absolute Gasteiger partial charge is 0.222 e. The second-order valence-corrected chi connectivity index (χ2v) is 4.80. The van der Waals surface area contributed by atoms with Crippen LogP contribution in [0.3, 0.4) is 0 Å². The molecule has 1 spiro atoms. The van der Waals surface area contributed by atoms with Gasteiger partial charge in [-0.2, -0.15) is 0 Å². The van der Waals surface area contributed by atoms with Crippen LogP contribution in [0.1, 0.15) is 39.0 Å². The molecule has 0 aromatic heterocycles. The third-order valence-electron chi connectivity index (χ3n) is 3.82. The number of carbonyl (C=O) groups excluding carboxylic acids is 1. The van der Waals surface area contributed by atoms with E-state index in [1.165, 1.54) is 0 Å². The molecule has 0 unspecified atom stereocenters. The number of aliphatic hydroxyl groups is 1. The highest BCUT2D eigenvalue weighted by atomic mass is 16.3. The number of amides is 1. The summed E-state index contributed by atoms with van der Waals surface area (Å²) in [6, 6.07) is 0. The molecule has 0 aromatic rings. The fraction of sp³-hybridized carbons (Fsp3) is 0.909. The lowest BCUT2D eigenvalue weighted by Crippen LogP contribution is -2.50. The van der Waals surface area contributed by atoms with Crippen LogP contribution < -0.4 is 0 Å². The van der Waals surface area contributed by atoms with Gasteiger partial charge in [0, 0.05) is 19.5 Å². The lowest BCUT2D eigenvalue weighted by atomic mass is 9.61. The highest BCUT2D eigenvalue weighted by Gasteiger charge is 2.45. The van der Waals surface area contributed by atoms with E-state index in [1.807, 2.05) is 11.8 Å². The number of aliphatic hydroxyl groups excluding tert-OH is 1. The molecule has 1 N–H and O–H groups in total. The molecule has 0 aromatic carbocycles. The van der Waals surface area contributed by atoms with E-state index in [1.54, 1.807) is 0 Å². The largest absolute Gasteiger partial charge is 0.393 e. The van der Waals surface area contributed by atoms with E-state index < -0.39 is 0 Å². The summed E-state index contributed by atoms with van der Waals surface area (Å²) >= 11 is 0.